The summed E-state index contributed by atoms with van der Waals surface area (Å²) in [6.07, 6.45) is 1.76. The van der Waals surface area contributed by atoms with Crippen LogP contribution in [0, 0.1) is 17.0 Å². The second kappa shape index (κ2) is 11.8. The molecule has 0 radical (unpaired) electrons. The highest BCUT2D eigenvalue weighted by atomic mass is 32.2. The monoisotopic (exact) mass is 525 g/mol. The van der Waals surface area contributed by atoms with Crippen LogP contribution in [-0.4, -0.2) is 68.5 Å². The Kier molecular flexibility index (Phi) is 9.00. The van der Waals surface area contributed by atoms with Gasteiger partial charge in [0.25, 0.3) is 11.6 Å². The van der Waals surface area contributed by atoms with Gasteiger partial charge >= 0.3 is 0 Å². The topological polar surface area (TPSA) is 164 Å². The number of ether oxygens (including phenoxy) is 3. The Balaban J connectivity index is 1.96. The molecule has 14 heteroatoms. The molecule has 0 aliphatic carbocycles. The van der Waals surface area contributed by atoms with E-state index < -0.39 is 31.4 Å². The van der Waals surface area contributed by atoms with Crippen molar-refractivity contribution in [3.8, 4) is 11.6 Å². The Morgan fingerprint density at radius 3 is 2.75 bits per heavy atom. The highest BCUT2D eigenvalue weighted by Gasteiger charge is 2.28. The van der Waals surface area contributed by atoms with Gasteiger partial charge in [-0.3, -0.25) is 14.9 Å². The summed E-state index contributed by atoms with van der Waals surface area (Å²) in [5, 5.41) is 18.5. The fourth-order valence-corrected chi connectivity index (χ4v) is 4.81. The van der Waals surface area contributed by atoms with Gasteiger partial charge in [-0.25, -0.2) is 17.8 Å². The largest absolute Gasteiger partial charge is 0.438 e. The van der Waals surface area contributed by atoms with Gasteiger partial charge in [0, 0.05) is 44.5 Å². The number of rotatable bonds is 12. The Bertz CT molecular complexity index is 1210. The van der Waals surface area contributed by atoms with Crippen LogP contribution in [0.1, 0.15) is 48.8 Å². The zero-order valence-corrected chi connectivity index (χ0v) is 21.5. The minimum absolute atomic E-state index is 0.0427. The van der Waals surface area contributed by atoms with Crippen LogP contribution >= 0.6 is 0 Å². The summed E-state index contributed by atoms with van der Waals surface area (Å²) in [4.78, 5) is 23.0. The first-order valence-corrected chi connectivity index (χ1v) is 13.0. The predicted molar refractivity (Wildman–Crippen MR) is 129 cm³/mol. The van der Waals surface area contributed by atoms with Gasteiger partial charge in [0.05, 0.1) is 23.7 Å². The van der Waals surface area contributed by atoms with E-state index in [0.717, 1.165) is 25.0 Å². The van der Waals surface area contributed by atoms with Crippen LogP contribution in [-0.2, 0) is 19.5 Å². The molecule has 198 valence electrons. The van der Waals surface area contributed by atoms with E-state index >= 15 is 0 Å². The molecule has 2 heterocycles. The van der Waals surface area contributed by atoms with Crippen LogP contribution in [0.25, 0.3) is 0 Å². The third kappa shape index (κ3) is 6.37. The quantitative estimate of drug-likeness (QED) is 0.240. The normalized spacial score (nSPS) is 15.9. The number of methoxy groups -OCH3 is 1. The van der Waals surface area contributed by atoms with Crippen LogP contribution in [0.15, 0.2) is 23.1 Å². The fourth-order valence-electron chi connectivity index (χ4n) is 3.65. The third-order valence-corrected chi connectivity index (χ3v) is 7.03. The van der Waals surface area contributed by atoms with Crippen molar-refractivity contribution < 1.29 is 32.3 Å². The molecule has 2 aromatic rings. The summed E-state index contributed by atoms with van der Waals surface area (Å²) >= 11 is 0. The average Bonchev–Trinajstić information content (AvgIpc) is 3.46. The second-order valence-corrected chi connectivity index (χ2v) is 10.3. The number of hydrogen-bond donors (Lipinski definition) is 2. The number of carbonyl (C=O) groups excluding carboxylic acids is 1. The molecule has 0 spiro atoms. The highest BCUT2D eigenvalue weighted by molar-refractivity contribution is 7.89. The van der Waals surface area contributed by atoms with E-state index in [1.807, 2.05) is 13.8 Å². The van der Waals surface area contributed by atoms with E-state index in [9.17, 15) is 23.3 Å². The fraction of sp³-hybridized carbons (Fsp3) is 0.545. The molecule has 2 N–H and O–H groups in total. The maximum absolute atomic E-state index is 13.0. The summed E-state index contributed by atoms with van der Waals surface area (Å²) < 4.78 is 46.1. The van der Waals surface area contributed by atoms with E-state index in [4.69, 9.17) is 14.2 Å². The second-order valence-electron chi connectivity index (χ2n) is 8.54. The predicted octanol–water partition coefficient (Wildman–Crippen LogP) is 2.31. The van der Waals surface area contributed by atoms with Gasteiger partial charge in [-0.1, -0.05) is 0 Å². The standard InChI is InChI=1S/C22H31N5O8S/c1-14(2)26-22(15(3)20(25-26)21(28)23-13-17-6-5-10-34-17)35-18-8-7-16(27(29)30)12-19(18)36(31,32)24-9-11-33-4/h7-8,12,14,17,24H,5-6,9-11,13H2,1-4H3,(H,23,28)/t17-/m0/s1. The molecule has 1 aliphatic heterocycles. The Morgan fingerprint density at radius 1 is 1.39 bits per heavy atom. The van der Waals surface area contributed by atoms with Gasteiger partial charge in [0.2, 0.25) is 15.9 Å². The van der Waals surface area contributed by atoms with E-state index in [0.29, 0.717) is 18.7 Å². The molecule has 1 atom stereocenters. The van der Waals surface area contributed by atoms with Crippen molar-refractivity contribution in [3.05, 3.63) is 39.6 Å². The number of nitro groups is 1. The Labute approximate surface area is 209 Å². The summed E-state index contributed by atoms with van der Waals surface area (Å²) in [6.45, 7) is 6.37. The van der Waals surface area contributed by atoms with E-state index in [1.165, 1.54) is 17.9 Å². The first-order valence-electron chi connectivity index (χ1n) is 11.5. The van der Waals surface area contributed by atoms with Crippen molar-refractivity contribution in [1.82, 2.24) is 19.8 Å². The number of nitro benzene ring substituents is 1. The molecule has 0 bridgehead atoms. The van der Waals surface area contributed by atoms with Crippen LogP contribution in [0.2, 0.25) is 0 Å². The number of sulfonamides is 1. The van der Waals surface area contributed by atoms with Crippen LogP contribution in [0.4, 0.5) is 5.69 Å². The summed E-state index contributed by atoms with van der Waals surface area (Å²) in [6, 6.07) is 3.03. The van der Waals surface area contributed by atoms with Gasteiger partial charge in [-0.05, 0) is 39.7 Å². The molecule has 13 nitrogen and oxygen atoms in total. The van der Waals surface area contributed by atoms with Gasteiger partial charge in [0.1, 0.15) is 10.6 Å². The van der Waals surface area contributed by atoms with E-state index in [-0.39, 0.29) is 42.6 Å². The molecular weight excluding hydrogens is 494 g/mol. The third-order valence-electron chi connectivity index (χ3n) is 5.54. The molecule has 1 saturated heterocycles. The number of nitrogens with one attached hydrogen (secondary N) is 2. The van der Waals surface area contributed by atoms with Crippen LogP contribution in [0.3, 0.4) is 0 Å². The van der Waals surface area contributed by atoms with Crippen LogP contribution < -0.4 is 14.8 Å². The Hall–Kier alpha value is -3.07. The van der Waals surface area contributed by atoms with Crippen molar-refractivity contribution in [3.63, 3.8) is 0 Å². The first kappa shape index (κ1) is 27.5. The van der Waals surface area contributed by atoms with Crippen LogP contribution in [0.5, 0.6) is 11.6 Å². The number of hydrogen-bond acceptors (Lipinski definition) is 9. The number of aromatic nitrogens is 2. The minimum Gasteiger partial charge on any atom is -0.438 e. The summed E-state index contributed by atoms with van der Waals surface area (Å²) in [7, 11) is -2.78. The Morgan fingerprint density at radius 2 is 2.14 bits per heavy atom. The smallest absolute Gasteiger partial charge is 0.272 e. The van der Waals surface area contributed by atoms with Gasteiger partial charge < -0.3 is 19.5 Å². The summed E-state index contributed by atoms with van der Waals surface area (Å²) in [5.41, 5.74) is 0.0987. The average molecular weight is 526 g/mol. The van der Waals surface area contributed by atoms with Crippen molar-refractivity contribution in [2.24, 2.45) is 0 Å². The molecule has 1 amide bonds. The van der Waals surface area contributed by atoms with Crippen molar-refractivity contribution in [2.75, 3.05) is 33.4 Å². The number of benzene rings is 1. The SMILES string of the molecule is COCCNS(=O)(=O)c1cc([N+](=O)[O-])ccc1Oc1c(C)c(C(=O)NC[C@@H]2CCCO2)nn1C(C)C. The van der Waals surface area contributed by atoms with Gasteiger partial charge in [-0.2, -0.15) is 5.10 Å². The lowest BCUT2D eigenvalue weighted by atomic mass is 10.2. The highest BCUT2D eigenvalue weighted by Crippen LogP contribution is 2.35. The van der Waals surface area contributed by atoms with Gasteiger partial charge in [-0.15, -0.1) is 0 Å². The molecular formula is C22H31N5O8S. The molecule has 1 aromatic heterocycles. The molecule has 0 unspecified atom stereocenters. The number of amides is 1. The molecule has 3 rings (SSSR count). The van der Waals surface area contributed by atoms with Crippen molar-refractivity contribution in [2.45, 2.75) is 50.7 Å². The zero-order valence-electron chi connectivity index (χ0n) is 20.6. The lowest BCUT2D eigenvalue weighted by Crippen LogP contribution is -2.32. The maximum Gasteiger partial charge on any atom is 0.272 e. The lowest BCUT2D eigenvalue weighted by Gasteiger charge is -2.15. The molecule has 1 aliphatic rings. The zero-order chi connectivity index (χ0) is 26.5. The van der Waals surface area contributed by atoms with E-state index in [2.05, 4.69) is 15.1 Å². The minimum atomic E-state index is -4.20. The van der Waals surface area contributed by atoms with Crippen molar-refractivity contribution >= 4 is 21.6 Å². The molecule has 36 heavy (non-hydrogen) atoms. The molecule has 0 saturated carbocycles. The summed E-state index contributed by atoms with van der Waals surface area (Å²) in [5.74, 6) is -0.416. The lowest BCUT2D eigenvalue weighted by molar-refractivity contribution is -0.385. The number of nitrogens with zero attached hydrogens (tertiary/aromatic N) is 3. The number of carbonyl (C=O) groups is 1. The molecule has 1 aromatic carbocycles. The van der Waals surface area contributed by atoms with Gasteiger partial charge in [0.15, 0.2) is 5.69 Å². The molecule has 1 fully saturated rings. The number of non-ortho nitro benzene ring substituents is 1. The van der Waals surface area contributed by atoms with Crippen molar-refractivity contribution in [1.29, 1.82) is 0 Å². The maximum atomic E-state index is 13.0. The first-order chi connectivity index (χ1) is 17.0. The van der Waals surface area contributed by atoms with E-state index in [1.54, 1.807) is 6.92 Å².